The number of nitrogens with zero attached hydrogens (tertiary/aromatic N) is 3. The first-order chi connectivity index (χ1) is 12.5. The van der Waals surface area contributed by atoms with E-state index in [2.05, 4.69) is 30.9 Å². The summed E-state index contributed by atoms with van der Waals surface area (Å²) in [6.07, 6.45) is 0.441. The van der Waals surface area contributed by atoms with Crippen molar-refractivity contribution >= 4 is 55.5 Å². The van der Waals surface area contributed by atoms with Crippen molar-refractivity contribution in [2.75, 3.05) is 31.1 Å². The summed E-state index contributed by atoms with van der Waals surface area (Å²) >= 11 is 9.18. The Bertz CT molecular complexity index is 957. The summed E-state index contributed by atoms with van der Waals surface area (Å²) in [6.45, 7) is 7.38. The number of anilines is 1. The first-order valence-corrected chi connectivity index (χ1v) is 10.7. The Morgan fingerprint density at radius 2 is 1.92 bits per heavy atom. The molecule has 3 aromatic rings. The van der Waals surface area contributed by atoms with E-state index in [0.29, 0.717) is 6.42 Å². The van der Waals surface area contributed by atoms with Gasteiger partial charge in [0.1, 0.15) is 0 Å². The Hall–Kier alpha value is -1.63. The molecule has 1 fully saturated rings. The summed E-state index contributed by atoms with van der Waals surface area (Å²) in [7, 11) is 0. The molecule has 0 spiro atoms. The highest BCUT2D eigenvalue weighted by atomic mass is 35.5. The second-order valence-corrected chi connectivity index (χ2v) is 9.48. The largest absolute Gasteiger partial charge is 0.345 e. The number of carbonyl (C=O) groups is 1. The summed E-state index contributed by atoms with van der Waals surface area (Å²) in [5, 5.41) is 1.06. The molecule has 2 aromatic heterocycles. The quantitative estimate of drug-likeness (QED) is 0.642. The third kappa shape index (κ3) is 3.59. The van der Waals surface area contributed by atoms with Crippen molar-refractivity contribution in [2.24, 2.45) is 0 Å². The Kier molecular flexibility index (Phi) is 4.90. The van der Waals surface area contributed by atoms with Crippen LogP contribution in [0.5, 0.6) is 0 Å². The predicted molar refractivity (Wildman–Crippen MR) is 111 cm³/mol. The molecule has 0 atom stereocenters. The molecule has 1 aliphatic heterocycles. The van der Waals surface area contributed by atoms with Crippen LogP contribution in [0.1, 0.15) is 16.0 Å². The minimum Gasteiger partial charge on any atom is -0.345 e. The number of aromatic nitrogens is 1. The minimum absolute atomic E-state index is 0.180. The first kappa shape index (κ1) is 17.8. The highest BCUT2D eigenvalue weighted by molar-refractivity contribution is 7.22. The Morgan fingerprint density at radius 3 is 2.62 bits per heavy atom. The van der Waals surface area contributed by atoms with Crippen molar-refractivity contribution in [1.82, 2.24) is 9.88 Å². The molecule has 0 N–H and O–H groups in total. The number of benzene rings is 1. The van der Waals surface area contributed by atoms with E-state index >= 15 is 0 Å². The fraction of sp³-hybridized carbons (Fsp3) is 0.368. The van der Waals surface area contributed by atoms with Crippen molar-refractivity contribution in [2.45, 2.75) is 20.3 Å². The molecule has 1 aliphatic rings. The lowest BCUT2D eigenvalue weighted by atomic mass is 10.1. The van der Waals surface area contributed by atoms with E-state index in [1.54, 1.807) is 11.3 Å². The van der Waals surface area contributed by atoms with Crippen LogP contribution in [-0.2, 0) is 11.2 Å². The van der Waals surface area contributed by atoms with Gasteiger partial charge in [0.05, 0.1) is 21.0 Å². The van der Waals surface area contributed by atoms with Crippen molar-refractivity contribution in [1.29, 1.82) is 0 Å². The van der Waals surface area contributed by atoms with Gasteiger partial charge in [-0.05, 0) is 43.2 Å². The number of hydrogen-bond donors (Lipinski definition) is 0. The number of rotatable bonds is 3. The van der Waals surface area contributed by atoms with Gasteiger partial charge in [0.2, 0.25) is 5.91 Å². The number of thiazole rings is 1. The van der Waals surface area contributed by atoms with Crippen molar-refractivity contribution in [3.05, 3.63) is 44.6 Å². The zero-order valence-electron chi connectivity index (χ0n) is 14.8. The van der Waals surface area contributed by atoms with Crippen LogP contribution in [0.15, 0.2) is 24.3 Å². The number of thiophene rings is 1. The standard InChI is InChI=1S/C19H20ClN3OS2/c1-12-9-13(2)18-15(10-12)26-19(21-18)23-7-5-22(6-8-23)17(24)11-14-3-4-16(20)25-14/h3-4,9-10H,5-8,11H2,1-2H3. The third-order valence-electron chi connectivity index (χ3n) is 4.68. The van der Waals surface area contributed by atoms with Crippen LogP contribution < -0.4 is 4.90 Å². The average molecular weight is 406 g/mol. The number of piperazine rings is 1. The van der Waals surface area contributed by atoms with E-state index in [4.69, 9.17) is 16.6 Å². The Balaban J connectivity index is 1.42. The molecule has 1 aromatic carbocycles. The molecule has 7 heteroatoms. The van der Waals surface area contributed by atoms with Gasteiger partial charge in [0.25, 0.3) is 0 Å². The number of amides is 1. The third-order valence-corrected chi connectivity index (χ3v) is 6.97. The Labute approximate surface area is 166 Å². The zero-order valence-corrected chi connectivity index (χ0v) is 17.2. The lowest BCUT2D eigenvalue weighted by Gasteiger charge is -2.34. The van der Waals surface area contributed by atoms with Gasteiger partial charge in [-0.3, -0.25) is 4.79 Å². The van der Waals surface area contributed by atoms with Gasteiger partial charge < -0.3 is 9.80 Å². The molecule has 1 saturated heterocycles. The molecular weight excluding hydrogens is 386 g/mol. The normalized spacial score (nSPS) is 15.0. The van der Waals surface area contributed by atoms with Gasteiger partial charge in [0, 0.05) is 31.1 Å². The van der Waals surface area contributed by atoms with Gasteiger partial charge >= 0.3 is 0 Å². The molecule has 0 saturated carbocycles. The molecule has 4 rings (SSSR count). The maximum Gasteiger partial charge on any atom is 0.227 e. The monoisotopic (exact) mass is 405 g/mol. The van der Waals surface area contributed by atoms with E-state index in [1.165, 1.54) is 27.2 Å². The van der Waals surface area contributed by atoms with Crippen LogP contribution in [0.2, 0.25) is 4.34 Å². The average Bonchev–Trinajstić information content (AvgIpc) is 3.21. The van der Waals surface area contributed by atoms with Gasteiger partial charge in [-0.2, -0.15) is 0 Å². The van der Waals surface area contributed by atoms with E-state index in [1.807, 2.05) is 17.0 Å². The fourth-order valence-corrected chi connectivity index (χ4v) is 5.62. The van der Waals surface area contributed by atoms with Crippen LogP contribution in [0.4, 0.5) is 5.13 Å². The maximum absolute atomic E-state index is 12.5. The van der Waals surface area contributed by atoms with Crippen LogP contribution in [-0.4, -0.2) is 42.0 Å². The minimum atomic E-state index is 0.180. The molecule has 0 unspecified atom stereocenters. The number of fused-ring (bicyclic) bond motifs is 1. The second kappa shape index (κ2) is 7.18. The number of halogens is 1. The van der Waals surface area contributed by atoms with Crippen LogP contribution >= 0.6 is 34.3 Å². The molecule has 0 bridgehead atoms. The number of carbonyl (C=O) groups excluding carboxylic acids is 1. The second-order valence-electron chi connectivity index (χ2n) is 6.68. The number of aryl methyl sites for hydroxylation is 2. The maximum atomic E-state index is 12.5. The van der Waals surface area contributed by atoms with Crippen LogP contribution in [0, 0.1) is 13.8 Å². The van der Waals surface area contributed by atoms with Gasteiger partial charge in [0.15, 0.2) is 5.13 Å². The summed E-state index contributed by atoms with van der Waals surface area (Å²) < 4.78 is 1.98. The molecular formula is C19H20ClN3OS2. The summed E-state index contributed by atoms with van der Waals surface area (Å²) in [5.41, 5.74) is 3.60. The lowest BCUT2D eigenvalue weighted by molar-refractivity contribution is -0.130. The van der Waals surface area contributed by atoms with Crippen LogP contribution in [0.25, 0.3) is 10.2 Å². The van der Waals surface area contributed by atoms with Gasteiger partial charge in [-0.15, -0.1) is 11.3 Å². The molecule has 4 nitrogen and oxygen atoms in total. The highest BCUT2D eigenvalue weighted by Gasteiger charge is 2.23. The lowest BCUT2D eigenvalue weighted by Crippen LogP contribution is -2.49. The van der Waals surface area contributed by atoms with Crippen molar-refractivity contribution < 1.29 is 4.79 Å². The SMILES string of the molecule is Cc1cc(C)c2nc(N3CCN(C(=O)Cc4ccc(Cl)s4)CC3)sc2c1. The Morgan fingerprint density at radius 1 is 1.15 bits per heavy atom. The van der Waals surface area contributed by atoms with E-state index < -0.39 is 0 Å². The van der Waals surface area contributed by atoms with Gasteiger partial charge in [-0.1, -0.05) is 29.0 Å². The van der Waals surface area contributed by atoms with E-state index in [9.17, 15) is 4.79 Å². The molecule has 1 amide bonds. The van der Waals surface area contributed by atoms with E-state index in [0.717, 1.165) is 46.0 Å². The van der Waals surface area contributed by atoms with Crippen LogP contribution in [0.3, 0.4) is 0 Å². The topological polar surface area (TPSA) is 36.4 Å². The first-order valence-electron chi connectivity index (χ1n) is 8.64. The molecule has 0 aliphatic carbocycles. The van der Waals surface area contributed by atoms with Gasteiger partial charge in [-0.25, -0.2) is 4.98 Å². The summed E-state index contributed by atoms with van der Waals surface area (Å²) in [6, 6.07) is 8.17. The zero-order chi connectivity index (χ0) is 18.3. The van der Waals surface area contributed by atoms with E-state index in [-0.39, 0.29) is 5.91 Å². The fourth-order valence-electron chi connectivity index (χ4n) is 3.35. The number of hydrogen-bond acceptors (Lipinski definition) is 5. The molecule has 136 valence electrons. The van der Waals surface area contributed by atoms with Crippen molar-refractivity contribution in [3.8, 4) is 0 Å². The van der Waals surface area contributed by atoms with Crippen molar-refractivity contribution in [3.63, 3.8) is 0 Å². The molecule has 3 heterocycles. The predicted octanol–water partition coefficient (Wildman–Crippen LogP) is 4.52. The molecule has 26 heavy (non-hydrogen) atoms. The summed E-state index contributed by atoms with van der Waals surface area (Å²) in [4.78, 5) is 22.6. The molecule has 0 radical (unpaired) electrons. The smallest absolute Gasteiger partial charge is 0.227 e. The summed E-state index contributed by atoms with van der Waals surface area (Å²) in [5.74, 6) is 0.180. The highest BCUT2D eigenvalue weighted by Crippen LogP contribution is 2.32.